The van der Waals surface area contributed by atoms with Gasteiger partial charge in [-0.05, 0) is 24.1 Å². The molecule has 0 aliphatic carbocycles. The number of nitrogens with zero attached hydrogens (tertiary/aromatic N) is 1. The summed E-state index contributed by atoms with van der Waals surface area (Å²) in [5, 5.41) is 6.29. The van der Waals surface area contributed by atoms with Crippen LogP contribution in [0.3, 0.4) is 0 Å². The van der Waals surface area contributed by atoms with E-state index in [1.807, 2.05) is 24.3 Å². The average Bonchev–Trinajstić information content (AvgIpc) is 2.83. The van der Waals surface area contributed by atoms with E-state index >= 15 is 0 Å². The van der Waals surface area contributed by atoms with Gasteiger partial charge in [-0.3, -0.25) is 4.79 Å². The second kappa shape index (κ2) is 4.61. The molecule has 0 unspecified atom stereocenters. The summed E-state index contributed by atoms with van der Waals surface area (Å²) < 4.78 is 4.60. The van der Waals surface area contributed by atoms with Crippen LogP contribution in [-0.2, 0) is 6.42 Å². The highest BCUT2D eigenvalue weighted by atomic mass is 16.5. The van der Waals surface area contributed by atoms with Crippen molar-refractivity contribution in [2.45, 2.75) is 13.3 Å². The van der Waals surface area contributed by atoms with E-state index in [0.29, 0.717) is 0 Å². The fraction of sp³-hybridized carbons (Fsp3) is 0.167. The molecule has 82 valence electrons. The minimum atomic E-state index is -0.266. The molecule has 1 aromatic heterocycles. The van der Waals surface area contributed by atoms with Crippen molar-refractivity contribution < 1.29 is 9.32 Å². The largest absolute Gasteiger partial charge is 0.364 e. The molecule has 4 heteroatoms. The van der Waals surface area contributed by atoms with Crippen LogP contribution in [-0.4, -0.2) is 11.1 Å². The fourth-order valence-electron chi connectivity index (χ4n) is 1.35. The van der Waals surface area contributed by atoms with E-state index in [-0.39, 0.29) is 11.6 Å². The lowest BCUT2D eigenvalue weighted by atomic mass is 10.1. The van der Waals surface area contributed by atoms with Gasteiger partial charge in [-0.25, -0.2) is 0 Å². The Bertz CT molecular complexity index is 460. The van der Waals surface area contributed by atoms with Gasteiger partial charge in [0.05, 0.1) is 0 Å². The Hall–Kier alpha value is -2.10. The zero-order valence-corrected chi connectivity index (χ0v) is 8.93. The van der Waals surface area contributed by atoms with E-state index < -0.39 is 0 Å². The van der Waals surface area contributed by atoms with Gasteiger partial charge in [0, 0.05) is 11.8 Å². The summed E-state index contributed by atoms with van der Waals surface area (Å²) in [6.07, 6.45) is 2.35. The first-order chi connectivity index (χ1) is 7.79. The molecule has 2 rings (SSSR count). The Kier molecular flexibility index (Phi) is 3.00. The first-order valence-corrected chi connectivity index (χ1v) is 5.10. The number of hydrogen-bond acceptors (Lipinski definition) is 3. The number of benzene rings is 1. The molecule has 16 heavy (non-hydrogen) atoms. The maximum absolute atomic E-state index is 11.6. The van der Waals surface area contributed by atoms with Gasteiger partial charge in [-0.15, -0.1) is 0 Å². The molecule has 1 amide bonds. The van der Waals surface area contributed by atoms with E-state index in [1.54, 1.807) is 0 Å². The van der Waals surface area contributed by atoms with E-state index in [2.05, 4.69) is 21.9 Å². The van der Waals surface area contributed by atoms with Crippen LogP contribution in [0.25, 0.3) is 0 Å². The summed E-state index contributed by atoms with van der Waals surface area (Å²) in [6, 6.07) is 9.24. The quantitative estimate of drug-likeness (QED) is 0.857. The van der Waals surface area contributed by atoms with Gasteiger partial charge < -0.3 is 9.84 Å². The van der Waals surface area contributed by atoms with Gasteiger partial charge in [-0.1, -0.05) is 24.2 Å². The summed E-state index contributed by atoms with van der Waals surface area (Å²) >= 11 is 0. The maximum atomic E-state index is 11.6. The van der Waals surface area contributed by atoms with Crippen LogP contribution >= 0.6 is 0 Å². The molecule has 1 heterocycles. The number of aryl methyl sites for hydroxylation is 1. The minimum Gasteiger partial charge on any atom is -0.364 e. The van der Waals surface area contributed by atoms with Crippen LogP contribution in [0.15, 0.2) is 41.1 Å². The van der Waals surface area contributed by atoms with Crippen molar-refractivity contribution in [1.29, 1.82) is 0 Å². The predicted molar refractivity (Wildman–Crippen MR) is 60.3 cm³/mol. The third kappa shape index (κ3) is 2.28. The Morgan fingerprint density at radius 1 is 1.31 bits per heavy atom. The summed E-state index contributed by atoms with van der Waals surface area (Å²) in [4.78, 5) is 11.6. The van der Waals surface area contributed by atoms with Gasteiger partial charge in [0.2, 0.25) is 0 Å². The highest BCUT2D eigenvalue weighted by Crippen LogP contribution is 2.11. The molecule has 2 aromatic rings. The zero-order chi connectivity index (χ0) is 11.4. The van der Waals surface area contributed by atoms with Crippen LogP contribution < -0.4 is 5.32 Å². The number of anilines is 1. The number of hydrogen-bond donors (Lipinski definition) is 1. The molecule has 0 saturated heterocycles. The summed E-state index contributed by atoms with van der Waals surface area (Å²) in [6.45, 7) is 2.09. The number of carbonyl (C=O) groups is 1. The van der Waals surface area contributed by atoms with Crippen LogP contribution in [0.1, 0.15) is 23.0 Å². The smallest absolute Gasteiger partial charge is 0.277 e. The molecule has 1 aromatic carbocycles. The molecule has 0 saturated carbocycles. The van der Waals surface area contributed by atoms with Crippen molar-refractivity contribution in [2.24, 2.45) is 0 Å². The van der Waals surface area contributed by atoms with Gasteiger partial charge in [0.1, 0.15) is 6.26 Å². The number of amides is 1. The summed E-state index contributed by atoms with van der Waals surface area (Å²) in [5.74, 6) is -0.266. The van der Waals surface area contributed by atoms with Crippen molar-refractivity contribution in [3.63, 3.8) is 0 Å². The average molecular weight is 216 g/mol. The fourth-order valence-corrected chi connectivity index (χ4v) is 1.35. The monoisotopic (exact) mass is 216 g/mol. The molecule has 0 atom stereocenters. The summed E-state index contributed by atoms with van der Waals surface area (Å²) in [5.41, 5.74) is 2.27. The third-order valence-corrected chi connectivity index (χ3v) is 2.29. The van der Waals surface area contributed by atoms with Crippen molar-refractivity contribution in [3.05, 3.63) is 47.9 Å². The highest BCUT2D eigenvalue weighted by molar-refractivity contribution is 6.02. The molecule has 0 radical (unpaired) electrons. The first kappa shape index (κ1) is 10.4. The minimum absolute atomic E-state index is 0.266. The summed E-state index contributed by atoms with van der Waals surface area (Å²) in [7, 11) is 0. The Morgan fingerprint density at radius 3 is 2.62 bits per heavy atom. The van der Waals surface area contributed by atoms with Crippen LogP contribution in [0.2, 0.25) is 0 Å². The molecule has 0 fully saturated rings. The van der Waals surface area contributed by atoms with E-state index in [9.17, 15) is 4.79 Å². The van der Waals surface area contributed by atoms with Gasteiger partial charge in [-0.2, -0.15) is 0 Å². The lowest BCUT2D eigenvalue weighted by Gasteiger charge is -2.03. The van der Waals surface area contributed by atoms with E-state index in [0.717, 1.165) is 12.1 Å². The Balaban J connectivity index is 2.06. The molecule has 4 nitrogen and oxygen atoms in total. The first-order valence-electron chi connectivity index (χ1n) is 5.10. The van der Waals surface area contributed by atoms with Crippen molar-refractivity contribution in [1.82, 2.24) is 5.16 Å². The number of carbonyl (C=O) groups excluding carboxylic acids is 1. The van der Waals surface area contributed by atoms with Crippen LogP contribution in [0.4, 0.5) is 5.69 Å². The van der Waals surface area contributed by atoms with E-state index in [1.165, 1.54) is 17.9 Å². The van der Waals surface area contributed by atoms with Gasteiger partial charge in [0.15, 0.2) is 5.69 Å². The third-order valence-electron chi connectivity index (χ3n) is 2.29. The number of rotatable bonds is 3. The molecule has 1 N–H and O–H groups in total. The lowest BCUT2D eigenvalue weighted by molar-refractivity contribution is 0.101. The van der Waals surface area contributed by atoms with Crippen molar-refractivity contribution >= 4 is 11.6 Å². The van der Waals surface area contributed by atoms with Crippen molar-refractivity contribution in [2.75, 3.05) is 5.32 Å². The molecule has 0 spiro atoms. The SMILES string of the molecule is CCc1ccc(NC(=O)c2ccon2)cc1. The zero-order valence-electron chi connectivity index (χ0n) is 8.93. The maximum Gasteiger partial charge on any atom is 0.277 e. The Labute approximate surface area is 93.3 Å². The van der Waals surface area contributed by atoms with Crippen molar-refractivity contribution in [3.8, 4) is 0 Å². The normalized spacial score (nSPS) is 10.1. The van der Waals surface area contributed by atoms with Crippen LogP contribution in [0.5, 0.6) is 0 Å². The standard InChI is InChI=1S/C12H12N2O2/c1-2-9-3-5-10(6-4-9)13-12(15)11-7-8-16-14-11/h3-8H,2H2,1H3,(H,13,15). The second-order valence-corrected chi connectivity index (χ2v) is 3.39. The predicted octanol–water partition coefficient (Wildman–Crippen LogP) is 2.49. The lowest BCUT2D eigenvalue weighted by Crippen LogP contribution is -2.11. The number of nitrogens with one attached hydrogen (secondary N) is 1. The molecular weight excluding hydrogens is 204 g/mol. The topological polar surface area (TPSA) is 55.1 Å². The molecule has 0 aliphatic rings. The Morgan fingerprint density at radius 2 is 2.06 bits per heavy atom. The van der Waals surface area contributed by atoms with E-state index in [4.69, 9.17) is 0 Å². The number of aromatic nitrogens is 1. The second-order valence-electron chi connectivity index (χ2n) is 3.39. The molecule has 0 aliphatic heterocycles. The molecular formula is C12H12N2O2. The van der Waals surface area contributed by atoms with Gasteiger partial charge >= 0.3 is 0 Å². The van der Waals surface area contributed by atoms with Gasteiger partial charge in [0.25, 0.3) is 5.91 Å². The van der Waals surface area contributed by atoms with Crippen LogP contribution in [0, 0.1) is 0 Å². The highest BCUT2D eigenvalue weighted by Gasteiger charge is 2.08. The molecule has 0 bridgehead atoms.